The van der Waals surface area contributed by atoms with Gasteiger partial charge in [0.1, 0.15) is 5.75 Å². The summed E-state index contributed by atoms with van der Waals surface area (Å²) in [5, 5.41) is 11.9. The number of methoxy groups -OCH3 is 1. The lowest BCUT2D eigenvalue weighted by atomic mass is 10.1. The average molecular weight is 195 g/mol. The van der Waals surface area contributed by atoms with Crippen molar-refractivity contribution in [3.8, 4) is 5.75 Å². The van der Waals surface area contributed by atoms with Crippen molar-refractivity contribution in [1.29, 1.82) is 0 Å². The van der Waals surface area contributed by atoms with Gasteiger partial charge in [-0.25, -0.2) is 0 Å². The van der Waals surface area contributed by atoms with Crippen molar-refractivity contribution in [2.24, 2.45) is 0 Å². The summed E-state index contributed by atoms with van der Waals surface area (Å²) in [6, 6.07) is 4.06. The molecular formula is C11H17NO2. The second kappa shape index (κ2) is 4.86. The molecule has 0 heterocycles. The Bertz CT molecular complexity index is 310. The largest absolute Gasteiger partial charge is 0.495 e. The highest BCUT2D eigenvalue weighted by atomic mass is 16.5. The lowest BCUT2D eigenvalue weighted by molar-refractivity contribution is 0.311. The smallest absolute Gasteiger partial charge is 0.142 e. The van der Waals surface area contributed by atoms with E-state index in [0.29, 0.717) is 6.54 Å². The van der Waals surface area contributed by atoms with Crippen LogP contribution in [0, 0.1) is 13.8 Å². The number of nitrogens with one attached hydrogen (secondary N) is 1. The van der Waals surface area contributed by atoms with Crippen LogP contribution >= 0.6 is 0 Å². The van der Waals surface area contributed by atoms with Crippen molar-refractivity contribution < 1.29 is 9.84 Å². The van der Waals surface area contributed by atoms with E-state index in [-0.39, 0.29) is 6.61 Å². The molecule has 0 saturated carbocycles. The zero-order chi connectivity index (χ0) is 10.6. The number of hydrogen-bond donors (Lipinski definition) is 2. The highest BCUT2D eigenvalue weighted by Crippen LogP contribution is 2.29. The fourth-order valence-electron chi connectivity index (χ4n) is 1.50. The standard InChI is InChI=1S/C11H17NO2/c1-8-6-9(2)11(12-4-5-13)10(7-8)14-3/h6-7,12-13H,4-5H2,1-3H3. The molecule has 0 aliphatic rings. The third-order valence-electron chi connectivity index (χ3n) is 2.08. The maximum atomic E-state index is 8.73. The van der Waals surface area contributed by atoms with E-state index in [1.807, 2.05) is 19.9 Å². The van der Waals surface area contributed by atoms with E-state index >= 15 is 0 Å². The molecule has 0 aliphatic heterocycles. The molecule has 1 aromatic carbocycles. The third kappa shape index (κ3) is 2.39. The molecule has 0 unspecified atom stereocenters. The summed E-state index contributed by atoms with van der Waals surface area (Å²) in [4.78, 5) is 0. The SMILES string of the molecule is COc1cc(C)cc(C)c1NCCO. The topological polar surface area (TPSA) is 41.5 Å². The van der Waals surface area contributed by atoms with Crippen LogP contribution in [0.4, 0.5) is 5.69 Å². The van der Waals surface area contributed by atoms with Crippen molar-refractivity contribution in [2.45, 2.75) is 13.8 Å². The van der Waals surface area contributed by atoms with E-state index in [2.05, 4.69) is 11.4 Å². The zero-order valence-corrected chi connectivity index (χ0v) is 8.92. The molecule has 2 N–H and O–H groups in total. The molecule has 0 atom stereocenters. The Morgan fingerprint density at radius 3 is 2.64 bits per heavy atom. The Balaban J connectivity index is 2.99. The van der Waals surface area contributed by atoms with E-state index < -0.39 is 0 Å². The van der Waals surface area contributed by atoms with Gasteiger partial charge in [-0.15, -0.1) is 0 Å². The Hall–Kier alpha value is -1.22. The number of ether oxygens (including phenoxy) is 1. The van der Waals surface area contributed by atoms with Crippen LogP contribution in [-0.2, 0) is 0 Å². The minimum atomic E-state index is 0.121. The highest BCUT2D eigenvalue weighted by molar-refractivity contribution is 5.63. The number of rotatable bonds is 4. The van der Waals surface area contributed by atoms with Crippen molar-refractivity contribution in [2.75, 3.05) is 25.6 Å². The molecule has 14 heavy (non-hydrogen) atoms. The number of benzene rings is 1. The summed E-state index contributed by atoms with van der Waals surface area (Å²) < 4.78 is 5.26. The second-order valence-electron chi connectivity index (χ2n) is 3.31. The van der Waals surface area contributed by atoms with Gasteiger partial charge >= 0.3 is 0 Å². The van der Waals surface area contributed by atoms with Crippen LogP contribution in [0.5, 0.6) is 5.75 Å². The van der Waals surface area contributed by atoms with E-state index in [0.717, 1.165) is 17.0 Å². The number of aliphatic hydroxyl groups excluding tert-OH is 1. The van der Waals surface area contributed by atoms with Gasteiger partial charge in [-0.3, -0.25) is 0 Å². The molecule has 0 spiro atoms. The molecule has 3 heteroatoms. The number of aliphatic hydroxyl groups is 1. The van der Waals surface area contributed by atoms with E-state index in [9.17, 15) is 0 Å². The first-order valence-electron chi connectivity index (χ1n) is 4.69. The summed E-state index contributed by atoms with van der Waals surface area (Å²) in [5.74, 6) is 0.830. The monoisotopic (exact) mass is 195 g/mol. The van der Waals surface area contributed by atoms with E-state index in [4.69, 9.17) is 9.84 Å². The predicted octanol–water partition coefficient (Wildman–Crippen LogP) is 1.72. The lowest BCUT2D eigenvalue weighted by Crippen LogP contribution is -2.08. The van der Waals surface area contributed by atoms with Gasteiger partial charge in [-0.05, 0) is 31.0 Å². The van der Waals surface area contributed by atoms with Crippen molar-refractivity contribution in [3.05, 3.63) is 23.3 Å². The maximum absolute atomic E-state index is 8.73. The van der Waals surface area contributed by atoms with Gasteiger partial charge < -0.3 is 15.2 Å². The molecule has 1 rings (SSSR count). The average Bonchev–Trinajstić information content (AvgIpc) is 2.15. The normalized spacial score (nSPS) is 10.0. The summed E-state index contributed by atoms with van der Waals surface area (Å²) >= 11 is 0. The van der Waals surface area contributed by atoms with Crippen LogP contribution in [-0.4, -0.2) is 25.4 Å². The first kappa shape index (κ1) is 10.9. The van der Waals surface area contributed by atoms with Crippen molar-refractivity contribution in [1.82, 2.24) is 0 Å². The number of aryl methyl sites for hydroxylation is 2. The summed E-state index contributed by atoms with van der Waals surface area (Å²) in [6.45, 7) is 4.72. The van der Waals surface area contributed by atoms with E-state index in [1.54, 1.807) is 7.11 Å². The minimum absolute atomic E-state index is 0.121. The molecule has 0 amide bonds. The molecule has 0 aromatic heterocycles. The van der Waals surface area contributed by atoms with Crippen molar-refractivity contribution >= 4 is 5.69 Å². The molecule has 0 radical (unpaired) electrons. The Kier molecular flexibility index (Phi) is 3.77. The Morgan fingerprint density at radius 1 is 1.36 bits per heavy atom. The fraction of sp³-hybridized carbons (Fsp3) is 0.455. The van der Waals surface area contributed by atoms with Gasteiger partial charge in [0.25, 0.3) is 0 Å². The fourth-order valence-corrected chi connectivity index (χ4v) is 1.50. The molecule has 78 valence electrons. The Morgan fingerprint density at radius 2 is 2.07 bits per heavy atom. The molecule has 1 aromatic rings. The summed E-state index contributed by atoms with van der Waals surface area (Å²) in [5.41, 5.74) is 3.27. The molecule has 0 fully saturated rings. The van der Waals surface area contributed by atoms with Gasteiger partial charge in [0, 0.05) is 6.54 Å². The third-order valence-corrected chi connectivity index (χ3v) is 2.08. The van der Waals surface area contributed by atoms with Crippen molar-refractivity contribution in [3.63, 3.8) is 0 Å². The molecule has 3 nitrogen and oxygen atoms in total. The van der Waals surface area contributed by atoms with Gasteiger partial charge in [0.05, 0.1) is 19.4 Å². The molecule has 0 bridgehead atoms. The van der Waals surface area contributed by atoms with Gasteiger partial charge in [-0.2, -0.15) is 0 Å². The van der Waals surface area contributed by atoms with Gasteiger partial charge in [-0.1, -0.05) is 6.07 Å². The predicted molar refractivity (Wildman–Crippen MR) is 58.0 cm³/mol. The Labute approximate surface area is 84.7 Å². The van der Waals surface area contributed by atoms with Crippen LogP contribution in [0.15, 0.2) is 12.1 Å². The number of anilines is 1. The zero-order valence-electron chi connectivity index (χ0n) is 8.92. The molecular weight excluding hydrogens is 178 g/mol. The lowest BCUT2D eigenvalue weighted by Gasteiger charge is -2.14. The van der Waals surface area contributed by atoms with Crippen LogP contribution in [0.1, 0.15) is 11.1 Å². The first-order chi connectivity index (χ1) is 6.69. The van der Waals surface area contributed by atoms with Crippen LogP contribution in [0.2, 0.25) is 0 Å². The second-order valence-corrected chi connectivity index (χ2v) is 3.31. The van der Waals surface area contributed by atoms with Crippen LogP contribution in [0.25, 0.3) is 0 Å². The summed E-state index contributed by atoms with van der Waals surface area (Å²) in [6.07, 6.45) is 0. The minimum Gasteiger partial charge on any atom is -0.495 e. The van der Waals surface area contributed by atoms with Gasteiger partial charge in [0.2, 0.25) is 0 Å². The molecule has 0 saturated heterocycles. The molecule has 0 aliphatic carbocycles. The quantitative estimate of drug-likeness (QED) is 0.768. The van der Waals surface area contributed by atoms with E-state index in [1.165, 1.54) is 5.56 Å². The number of hydrogen-bond acceptors (Lipinski definition) is 3. The maximum Gasteiger partial charge on any atom is 0.142 e. The summed E-state index contributed by atoms with van der Waals surface area (Å²) in [7, 11) is 1.65. The van der Waals surface area contributed by atoms with Crippen LogP contribution < -0.4 is 10.1 Å². The van der Waals surface area contributed by atoms with Gasteiger partial charge in [0.15, 0.2) is 0 Å². The van der Waals surface area contributed by atoms with Crippen LogP contribution in [0.3, 0.4) is 0 Å². The first-order valence-corrected chi connectivity index (χ1v) is 4.69. The highest BCUT2D eigenvalue weighted by Gasteiger charge is 2.06.